The van der Waals surface area contributed by atoms with Crippen molar-refractivity contribution in [2.24, 2.45) is 5.92 Å². The van der Waals surface area contributed by atoms with Gasteiger partial charge in [0.2, 0.25) is 5.91 Å². The zero-order valence-electron chi connectivity index (χ0n) is 23.0. The Bertz CT molecular complexity index is 1910. The highest BCUT2D eigenvalue weighted by molar-refractivity contribution is 5.95. The van der Waals surface area contributed by atoms with Gasteiger partial charge in [-0.25, -0.2) is 9.97 Å². The molecule has 0 saturated carbocycles. The van der Waals surface area contributed by atoms with E-state index in [9.17, 15) is 4.79 Å². The molecule has 42 heavy (non-hydrogen) atoms. The Morgan fingerprint density at radius 2 is 1.86 bits per heavy atom. The highest BCUT2D eigenvalue weighted by Crippen LogP contribution is 2.32. The van der Waals surface area contributed by atoms with E-state index in [1.165, 1.54) is 0 Å². The minimum absolute atomic E-state index is 0.00840. The number of fused-ring (bicyclic) bond motifs is 2. The summed E-state index contributed by atoms with van der Waals surface area (Å²) in [5.41, 5.74) is 7.40. The van der Waals surface area contributed by atoms with E-state index in [2.05, 4.69) is 35.8 Å². The van der Waals surface area contributed by atoms with Crippen molar-refractivity contribution in [2.45, 2.75) is 19.3 Å². The first kappa shape index (κ1) is 25.8. The van der Waals surface area contributed by atoms with Crippen LogP contribution in [0, 0.1) is 5.92 Å². The van der Waals surface area contributed by atoms with Gasteiger partial charge in [-0.15, -0.1) is 0 Å². The molecule has 1 aromatic carbocycles. The van der Waals surface area contributed by atoms with Crippen molar-refractivity contribution in [1.82, 2.24) is 40.4 Å². The number of rotatable bonds is 7. The Balaban J connectivity index is 1.19. The molecule has 1 aliphatic rings. The molecular weight excluding hydrogens is 530 g/mol. The van der Waals surface area contributed by atoms with Crippen molar-refractivity contribution in [3.63, 3.8) is 0 Å². The summed E-state index contributed by atoms with van der Waals surface area (Å²) in [6.45, 7) is 1.93. The first-order valence-corrected chi connectivity index (χ1v) is 14.0. The second-order valence-corrected chi connectivity index (χ2v) is 10.4. The number of carbonyl (C=O) groups excluding carboxylic acids is 1. The second-order valence-electron chi connectivity index (χ2n) is 10.4. The maximum absolute atomic E-state index is 12.7. The third kappa shape index (κ3) is 5.06. The molecule has 1 amide bonds. The number of methoxy groups -OCH3 is 1. The van der Waals surface area contributed by atoms with E-state index in [4.69, 9.17) is 14.7 Å². The number of aromatic nitrogens is 7. The maximum atomic E-state index is 12.7. The topological polar surface area (TPSA) is 146 Å². The zero-order chi connectivity index (χ0) is 28.5. The average molecular weight is 560 g/mol. The van der Waals surface area contributed by atoms with Crippen molar-refractivity contribution in [3.05, 3.63) is 67.1 Å². The molecule has 0 atom stereocenters. The SMILES string of the molecule is COc1cccc(-c2nccc3[nH]c(-c4n[nH]c5ccc(-c6cncc(NC(=O)CC7CCNCC7)c6)nc45)nc23)c1. The molecule has 0 spiro atoms. The summed E-state index contributed by atoms with van der Waals surface area (Å²) in [5.74, 6) is 1.74. The van der Waals surface area contributed by atoms with Crippen LogP contribution in [0.3, 0.4) is 0 Å². The fourth-order valence-electron chi connectivity index (χ4n) is 5.46. The second kappa shape index (κ2) is 11.0. The predicted molar refractivity (Wildman–Crippen MR) is 161 cm³/mol. The Kier molecular flexibility index (Phi) is 6.76. The van der Waals surface area contributed by atoms with Crippen molar-refractivity contribution < 1.29 is 9.53 Å². The lowest BCUT2D eigenvalue weighted by molar-refractivity contribution is -0.117. The molecule has 0 radical (unpaired) electrons. The summed E-state index contributed by atoms with van der Waals surface area (Å²) in [4.78, 5) is 34.8. The Labute approximate surface area is 241 Å². The van der Waals surface area contributed by atoms with Gasteiger partial charge in [0.1, 0.15) is 16.8 Å². The number of nitrogens with zero attached hydrogens (tertiary/aromatic N) is 5. The highest BCUT2D eigenvalue weighted by atomic mass is 16.5. The first-order chi connectivity index (χ1) is 20.6. The number of imidazole rings is 1. The van der Waals surface area contributed by atoms with Crippen molar-refractivity contribution in [3.8, 4) is 39.8 Å². The van der Waals surface area contributed by atoms with Gasteiger partial charge in [0, 0.05) is 29.9 Å². The summed E-state index contributed by atoms with van der Waals surface area (Å²) >= 11 is 0. The van der Waals surface area contributed by atoms with Crippen LogP contribution in [0.4, 0.5) is 5.69 Å². The molecule has 7 rings (SSSR count). The number of hydrogen-bond acceptors (Lipinski definition) is 8. The van der Waals surface area contributed by atoms with Crippen LogP contribution in [-0.4, -0.2) is 61.2 Å². The third-order valence-electron chi connectivity index (χ3n) is 7.63. The van der Waals surface area contributed by atoms with Gasteiger partial charge in [0.05, 0.1) is 41.4 Å². The van der Waals surface area contributed by atoms with Gasteiger partial charge in [-0.05, 0) is 68.2 Å². The number of piperidine rings is 1. The zero-order valence-corrected chi connectivity index (χ0v) is 23.0. The van der Waals surface area contributed by atoms with Crippen LogP contribution < -0.4 is 15.4 Å². The quantitative estimate of drug-likeness (QED) is 0.215. The molecule has 0 bridgehead atoms. The smallest absolute Gasteiger partial charge is 0.224 e. The molecule has 11 heteroatoms. The standard InChI is InChI=1S/C31H29N9O2/c1-42-22-4-2-3-19(15-22)27-28-24(9-12-34-27)37-31(38-28)30-29-25(39-40-30)6-5-23(36-29)20-14-21(17-33-16-20)35-26(41)13-18-7-10-32-11-8-18/h2-6,9,12,14-18,32H,7-8,10-11,13H2,1H3,(H,35,41)(H,37,38)(H,39,40). The fraction of sp³-hybridized carbons (Fsp3) is 0.226. The summed E-state index contributed by atoms with van der Waals surface area (Å²) < 4.78 is 5.40. The monoisotopic (exact) mass is 559 g/mol. The lowest BCUT2D eigenvalue weighted by atomic mass is 9.94. The lowest BCUT2D eigenvalue weighted by Crippen LogP contribution is -2.30. The normalized spacial score (nSPS) is 13.9. The van der Waals surface area contributed by atoms with E-state index >= 15 is 0 Å². The van der Waals surface area contributed by atoms with Crippen molar-refractivity contribution in [1.29, 1.82) is 0 Å². The number of aromatic amines is 2. The number of carbonyl (C=O) groups is 1. The van der Waals surface area contributed by atoms with Crippen LogP contribution >= 0.6 is 0 Å². The average Bonchev–Trinajstić information content (AvgIpc) is 3.65. The maximum Gasteiger partial charge on any atom is 0.224 e. The van der Waals surface area contributed by atoms with Gasteiger partial charge in [0.15, 0.2) is 11.5 Å². The van der Waals surface area contributed by atoms with Crippen LogP contribution in [0.15, 0.2) is 67.1 Å². The molecule has 4 N–H and O–H groups in total. The minimum Gasteiger partial charge on any atom is -0.497 e. The summed E-state index contributed by atoms with van der Waals surface area (Å²) in [6.07, 6.45) is 7.71. The predicted octanol–water partition coefficient (Wildman–Crippen LogP) is 4.96. The molecule has 6 aromatic rings. The Hall–Kier alpha value is -5.16. The van der Waals surface area contributed by atoms with Crippen molar-refractivity contribution >= 4 is 33.7 Å². The van der Waals surface area contributed by atoms with E-state index in [1.54, 1.807) is 25.7 Å². The van der Waals surface area contributed by atoms with Gasteiger partial charge in [-0.2, -0.15) is 5.10 Å². The fourth-order valence-corrected chi connectivity index (χ4v) is 5.46. The molecule has 0 unspecified atom stereocenters. The number of nitrogens with one attached hydrogen (secondary N) is 4. The Morgan fingerprint density at radius 3 is 2.74 bits per heavy atom. The van der Waals surface area contributed by atoms with Crippen LogP contribution in [-0.2, 0) is 4.79 Å². The van der Waals surface area contributed by atoms with Crippen LogP contribution in [0.5, 0.6) is 5.75 Å². The van der Waals surface area contributed by atoms with E-state index in [1.807, 2.05) is 48.5 Å². The van der Waals surface area contributed by atoms with Crippen molar-refractivity contribution in [2.75, 3.05) is 25.5 Å². The van der Waals surface area contributed by atoms with E-state index < -0.39 is 0 Å². The number of hydrogen-bond donors (Lipinski definition) is 4. The summed E-state index contributed by atoms with van der Waals surface area (Å²) in [7, 11) is 1.64. The highest BCUT2D eigenvalue weighted by Gasteiger charge is 2.19. The van der Waals surface area contributed by atoms with Crippen LogP contribution in [0.1, 0.15) is 19.3 Å². The van der Waals surface area contributed by atoms with Gasteiger partial charge in [-0.1, -0.05) is 12.1 Å². The molecule has 1 fully saturated rings. The number of H-pyrrole nitrogens is 2. The van der Waals surface area contributed by atoms with Crippen LogP contribution in [0.2, 0.25) is 0 Å². The molecule has 5 aromatic heterocycles. The number of benzene rings is 1. The molecule has 1 saturated heterocycles. The Morgan fingerprint density at radius 1 is 0.976 bits per heavy atom. The summed E-state index contributed by atoms with van der Waals surface area (Å²) in [5, 5.41) is 14.0. The summed E-state index contributed by atoms with van der Waals surface area (Å²) in [6, 6.07) is 15.4. The van der Waals surface area contributed by atoms with Gasteiger partial charge in [-0.3, -0.25) is 19.9 Å². The number of pyridine rings is 3. The van der Waals surface area contributed by atoms with Crippen LogP contribution in [0.25, 0.3) is 56.1 Å². The van der Waals surface area contributed by atoms with Gasteiger partial charge in [0.25, 0.3) is 0 Å². The third-order valence-corrected chi connectivity index (χ3v) is 7.63. The molecule has 1 aliphatic heterocycles. The molecule has 210 valence electrons. The molecule has 0 aliphatic carbocycles. The minimum atomic E-state index is 0.00840. The van der Waals surface area contributed by atoms with E-state index in [0.717, 1.165) is 65.1 Å². The number of anilines is 1. The van der Waals surface area contributed by atoms with E-state index in [-0.39, 0.29) is 5.91 Å². The lowest BCUT2D eigenvalue weighted by Gasteiger charge is -2.21. The molecule has 11 nitrogen and oxygen atoms in total. The van der Waals surface area contributed by atoms with Gasteiger partial charge >= 0.3 is 0 Å². The van der Waals surface area contributed by atoms with E-state index in [0.29, 0.717) is 40.8 Å². The number of amides is 1. The van der Waals surface area contributed by atoms with Gasteiger partial charge < -0.3 is 20.4 Å². The molecular formula is C31H29N9O2. The number of ether oxygens (including phenoxy) is 1. The first-order valence-electron chi connectivity index (χ1n) is 14.0. The largest absolute Gasteiger partial charge is 0.497 e. The molecule has 6 heterocycles.